The maximum Gasteiger partial charge on any atom is 0.192 e. The molecule has 0 amide bonds. The summed E-state index contributed by atoms with van der Waals surface area (Å²) in [5.41, 5.74) is 13.8. The van der Waals surface area contributed by atoms with Crippen LogP contribution in [0.3, 0.4) is 0 Å². The minimum Gasteiger partial charge on any atom is -0.441 e. The number of rotatable bonds is 0. The number of hydrogen-bond donors (Lipinski definition) is 0. The molecule has 0 unspecified atom stereocenters. The molecule has 0 radical (unpaired) electrons. The number of nitrogens with zero attached hydrogens (tertiary/aromatic N) is 11. The van der Waals surface area contributed by atoms with Crippen molar-refractivity contribution in [2.75, 3.05) is 0 Å². The van der Waals surface area contributed by atoms with E-state index in [1.54, 1.807) is 22.7 Å². The Morgan fingerprint density at radius 3 is 1.00 bits per heavy atom. The molecule has 0 fully saturated rings. The summed E-state index contributed by atoms with van der Waals surface area (Å²) in [4.78, 5) is 28.1. The normalized spacial score (nSPS) is 9.29. The Morgan fingerprint density at radius 2 is 0.686 bits per heavy atom. The Balaban J connectivity index is 0.000000811. The number of fused-ring (bicyclic) bond motifs is 6. The lowest BCUT2D eigenvalue weighted by atomic mass is 10.1. The molecule has 11 rings (SSSR count). The van der Waals surface area contributed by atoms with Gasteiger partial charge in [0.05, 0.1) is 42.2 Å². The quantitative estimate of drug-likeness (QED) is 0.140. The standard InChI is InChI=1S/C10H8N2O2.C10H8N2S2.C8H8N2O.C8H8N2S.C3H3N3.7C2H6/c2*1-5-11-7-3-10-8(4-9(7)13-5)12-6(2)14-10;2*1-5-3-4-6(2)8-7(5)9-11-10-8;1-4-2-6-3-5-1;7*1-2/h2*3-4H,1-2H3;2*3-4H,1-2H3;1-3H;7*1-2H3. The Kier molecular flexibility index (Phi) is 32.7. The van der Waals surface area contributed by atoms with Crippen molar-refractivity contribution in [3.8, 4) is 0 Å². The van der Waals surface area contributed by atoms with E-state index in [4.69, 9.17) is 8.83 Å². The van der Waals surface area contributed by atoms with Crippen LogP contribution in [-0.4, -0.2) is 53.9 Å². The van der Waals surface area contributed by atoms with Crippen LogP contribution >= 0.6 is 34.4 Å². The van der Waals surface area contributed by atoms with E-state index in [1.165, 1.54) is 51.2 Å². The second-order valence-electron chi connectivity index (χ2n) is 12.6. The zero-order chi connectivity index (χ0) is 53.3. The van der Waals surface area contributed by atoms with Crippen LogP contribution in [0.2, 0.25) is 0 Å². The third-order valence-electron chi connectivity index (χ3n) is 8.26. The summed E-state index contributed by atoms with van der Waals surface area (Å²) in [6, 6.07) is 16.2. The number of oxazole rings is 2. The molecule has 0 spiro atoms. The van der Waals surface area contributed by atoms with E-state index < -0.39 is 0 Å². The van der Waals surface area contributed by atoms with E-state index in [0.29, 0.717) is 11.8 Å². The average Bonchev–Trinajstić information content (AvgIpc) is 4.29. The molecule has 0 atom stereocenters. The number of aromatic nitrogens is 11. The maximum atomic E-state index is 5.39. The van der Waals surface area contributed by atoms with Gasteiger partial charge in [0.15, 0.2) is 22.9 Å². The van der Waals surface area contributed by atoms with Crippen molar-refractivity contribution in [3.05, 3.63) is 112 Å². The van der Waals surface area contributed by atoms with Crippen molar-refractivity contribution in [2.45, 2.75) is 152 Å². The Hall–Kier alpha value is -6.17. The predicted octanol–water partition coefficient (Wildman–Crippen LogP) is 17.3. The van der Waals surface area contributed by atoms with Gasteiger partial charge >= 0.3 is 0 Å². The Morgan fingerprint density at radius 1 is 0.371 bits per heavy atom. The summed E-state index contributed by atoms with van der Waals surface area (Å²) < 4.78 is 26.3. The van der Waals surface area contributed by atoms with Crippen molar-refractivity contribution in [3.63, 3.8) is 0 Å². The van der Waals surface area contributed by atoms with E-state index in [0.717, 1.165) is 76.4 Å². The highest BCUT2D eigenvalue weighted by molar-refractivity contribution is 7.20. The van der Waals surface area contributed by atoms with Crippen molar-refractivity contribution in [1.82, 2.24) is 53.9 Å². The van der Waals surface area contributed by atoms with Gasteiger partial charge in [0.25, 0.3) is 0 Å². The van der Waals surface area contributed by atoms with Gasteiger partial charge in [0.2, 0.25) is 0 Å². The van der Waals surface area contributed by atoms with Gasteiger partial charge in [-0.1, -0.05) is 121 Å². The molecule has 0 aliphatic rings. The van der Waals surface area contributed by atoms with Crippen LogP contribution in [-0.2, 0) is 0 Å². The summed E-state index contributed by atoms with van der Waals surface area (Å²) in [6.45, 7) is 43.8. The van der Waals surface area contributed by atoms with Gasteiger partial charge in [0.1, 0.15) is 52.1 Å². The fourth-order valence-corrected chi connectivity index (χ4v) is 7.94. The molecule has 4 aromatic carbocycles. The first-order valence-electron chi connectivity index (χ1n) is 24.2. The van der Waals surface area contributed by atoms with Crippen LogP contribution in [0.25, 0.3) is 64.7 Å². The molecule has 7 aromatic heterocycles. The van der Waals surface area contributed by atoms with Crippen LogP contribution in [0.5, 0.6) is 0 Å². The van der Waals surface area contributed by atoms with Crippen LogP contribution < -0.4 is 0 Å². The van der Waals surface area contributed by atoms with E-state index in [-0.39, 0.29) is 0 Å². The van der Waals surface area contributed by atoms with E-state index in [2.05, 4.69) is 96.7 Å². The van der Waals surface area contributed by atoms with Crippen molar-refractivity contribution in [1.29, 1.82) is 0 Å². The number of hydrogen-bond acceptors (Lipinski definition) is 17. The molecule has 0 N–H and O–H groups in total. The van der Waals surface area contributed by atoms with Gasteiger partial charge in [0, 0.05) is 26.0 Å². The van der Waals surface area contributed by atoms with Gasteiger partial charge in [-0.15, -0.1) is 22.7 Å². The molecule has 380 valence electrons. The fourth-order valence-electron chi connectivity index (χ4n) is 5.59. The molecule has 0 aliphatic carbocycles. The zero-order valence-electron chi connectivity index (χ0n) is 45.7. The highest BCUT2D eigenvalue weighted by Gasteiger charge is 2.09. The Labute approximate surface area is 428 Å². The van der Waals surface area contributed by atoms with Crippen LogP contribution in [0, 0.1) is 55.4 Å². The van der Waals surface area contributed by atoms with Crippen LogP contribution in [0.15, 0.2) is 81.0 Å². The monoisotopic (exact) mass is 1010 g/mol. The summed E-state index contributed by atoms with van der Waals surface area (Å²) in [5.74, 6) is 1.31. The Bertz CT molecular complexity index is 2570. The summed E-state index contributed by atoms with van der Waals surface area (Å²) in [6.07, 6.45) is 4.31. The second kappa shape index (κ2) is 35.9. The van der Waals surface area contributed by atoms with Gasteiger partial charge in [-0.25, -0.2) is 39.5 Å². The summed E-state index contributed by atoms with van der Waals surface area (Å²) in [5, 5.41) is 9.83. The highest BCUT2D eigenvalue weighted by Crippen LogP contribution is 2.30. The first-order valence-corrected chi connectivity index (χ1v) is 26.6. The minimum atomic E-state index is 0.657. The van der Waals surface area contributed by atoms with Crippen molar-refractivity contribution in [2.24, 2.45) is 0 Å². The maximum absolute atomic E-state index is 5.39. The predicted molar refractivity (Wildman–Crippen MR) is 301 cm³/mol. The molecule has 14 nitrogen and oxygen atoms in total. The molecule has 11 aromatic rings. The van der Waals surface area contributed by atoms with Crippen LogP contribution in [0.1, 0.15) is 141 Å². The van der Waals surface area contributed by atoms with Crippen molar-refractivity contribution < 1.29 is 13.5 Å². The number of thiazole rings is 2. The molecule has 0 saturated carbocycles. The molecule has 0 bridgehead atoms. The number of aryl methyl sites for hydroxylation is 8. The first-order chi connectivity index (χ1) is 34.0. The van der Waals surface area contributed by atoms with E-state index in [1.807, 2.05) is 163 Å². The lowest BCUT2D eigenvalue weighted by molar-refractivity contribution is 0.315. The topological polar surface area (TPSA) is 181 Å². The third kappa shape index (κ3) is 19.0. The van der Waals surface area contributed by atoms with Crippen molar-refractivity contribution >= 4 is 99.1 Å². The molecule has 7 heterocycles. The van der Waals surface area contributed by atoms with Gasteiger partial charge < -0.3 is 8.83 Å². The molecular formula is C53H77N11O3S3. The molecular weight excluding hydrogens is 935 g/mol. The lowest BCUT2D eigenvalue weighted by Gasteiger charge is -1.94. The summed E-state index contributed by atoms with van der Waals surface area (Å²) in [7, 11) is 0. The largest absolute Gasteiger partial charge is 0.441 e. The molecule has 17 heteroatoms. The highest BCUT2D eigenvalue weighted by atomic mass is 32.1. The molecule has 0 saturated heterocycles. The molecule has 70 heavy (non-hydrogen) atoms. The van der Waals surface area contributed by atoms with Gasteiger partial charge in [-0.05, 0) is 86.2 Å². The van der Waals surface area contributed by atoms with Gasteiger partial charge in [-0.3, -0.25) is 0 Å². The van der Waals surface area contributed by atoms with E-state index in [9.17, 15) is 0 Å². The lowest BCUT2D eigenvalue weighted by Crippen LogP contribution is -1.79. The third-order valence-corrected chi connectivity index (χ3v) is 10.7. The number of benzene rings is 4. The summed E-state index contributed by atoms with van der Waals surface area (Å²) >= 11 is 4.74. The average molecular weight is 1010 g/mol. The smallest absolute Gasteiger partial charge is 0.192 e. The fraction of sp³-hybridized carbons (Fsp3) is 0.415. The van der Waals surface area contributed by atoms with E-state index >= 15 is 0 Å². The second-order valence-corrected chi connectivity index (χ2v) is 15.6. The molecule has 0 aliphatic heterocycles. The minimum absolute atomic E-state index is 0.657. The zero-order valence-corrected chi connectivity index (χ0v) is 48.2. The van der Waals surface area contributed by atoms with Crippen LogP contribution in [0.4, 0.5) is 0 Å². The SMILES string of the molecule is CC.CC.CC.CC.CC.CC.CC.Cc1ccc(C)c2nonc12.Cc1ccc(C)c2nsnc12.Cc1nc2cc3oc(C)nc3cc2o1.Cc1nc2cc3sc(C)nc3cc2s1.c1ncncn1. The van der Waals surface area contributed by atoms with Gasteiger partial charge in [-0.2, -0.15) is 8.75 Å². The first kappa shape index (κ1) is 63.8.